The van der Waals surface area contributed by atoms with Crippen LogP contribution in [-0.4, -0.2) is 99.7 Å². The van der Waals surface area contributed by atoms with Crippen LogP contribution in [0.2, 0.25) is 0 Å². The van der Waals surface area contributed by atoms with Crippen molar-refractivity contribution < 1.29 is 32.6 Å². The number of urea groups is 1. The second kappa shape index (κ2) is 13.7. The fourth-order valence-electron chi connectivity index (χ4n) is 4.99. The van der Waals surface area contributed by atoms with Crippen molar-refractivity contribution >= 4 is 27.6 Å². The molecule has 0 bridgehead atoms. The summed E-state index contributed by atoms with van der Waals surface area (Å²) in [7, 11) is 2.48. The maximum Gasteiger partial charge on any atom is 0.321 e. The number of rotatable bonds is 8. The number of anilines is 1. The Morgan fingerprint density at radius 3 is 2.45 bits per heavy atom. The highest BCUT2D eigenvalue weighted by Crippen LogP contribution is 2.37. The van der Waals surface area contributed by atoms with Gasteiger partial charge in [0.2, 0.25) is 10.0 Å². The van der Waals surface area contributed by atoms with E-state index in [0.29, 0.717) is 28.1 Å². The molecule has 0 saturated carbocycles. The summed E-state index contributed by atoms with van der Waals surface area (Å²) in [5.41, 5.74) is 2.42. The van der Waals surface area contributed by atoms with Crippen molar-refractivity contribution in [2.24, 2.45) is 5.92 Å². The van der Waals surface area contributed by atoms with Crippen LogP contribution in [0.4, 0.5) is 10.5 Å². The van der Waals surface area contributed by atoms with Gasteiger partial charge in [0.05, 0.1) is 20.3 Å². The Morgan fingerprint density at radius 2 is 1.77 bits per heavy atom. The summed E-state index contributed by atoms with van der Waals surface area (Å²) in [5, 5.41) is 12.8. The minimum Gasteiger partial charge on any atom is -0.497 e. The summed E-state index contributed by atoms with van der Waals surface area (Å²) in [6.07, 6.45) is -0.601. The highest BCUT2D eigenvalue weighted by atomic mass is 32.2. The van der Waals surface area contributed by atoms with Crippen molar-refractivity contribution in [3.05, 3.63) is 72.3 Å². The first-order valence-corrected chi connectivity index (χ1v) is 15.7. The molecule has 0 radical (unpaired) electrons. The number of ether oxygens (including phenoxy) is 2. The number of benzene rings is 3. The van der Waals surface area contributed by atoms with Gasteiger partial charge in [0.15, 0.2) is 0 Å². The molecule has 0 saturated heterocycles. The molecule has 3 aromatic carbocycles. The van der Waals surface area contributed by atoms with Crippen LogP contribution in [0.5, 0.6) is 11.5 Å². The Kier molecular flexibility index (Phi) is 10.2. The van der Waals surface area contributed by atoms with Crippen molar-refractivity contribution in [3.63, 3.8) is 0 Å². The number of aliphatic hydroxyl groups is 1. The zero-order chi connectivity index (χ0) is 32.2. The molecule has 12 heteroatoms. The van der Waals surface area contributed by atoms with Gasteiger partial charge < -0.3 is 29.7 Å². The molecular weight excluding hydrogens is 584 g/mol. The van der Waals surface area contributed by atoms with Crippen LogP contribution in [0.15, 0.2) is 71.6 Å². The largest absolute Gasteiger partial charge is 0.497 e. The van der Waals surface area contributed by atoms with E-state index < -0.39 is 22.2 Å². The van der Waals surface area contributed by atoms with E-state index >= 15 is 0 Å². The molecular formula is C32H40N4O7S. The van der Waals surface area contributed by atoms with E-state index in [2.05, 4.69) is 5.32 Å². The summed E-state index contributed by atoms with van der Waals surface area (Å²) in [6.45, 7) is 3.37. The highest BCUT2D eigenvalue weighted by Gasteiger charge is 2.38. The molecule has 2 N–H and O–H groups in total. The fourth-order valence-corrected chi connectivity index (χ4v) is 6.81. The number of nitrogens with zero attached hydrogens (tertiary/aromatic N) is 3. The van der Waals surface area contributed by atoms with Gasteiger partial charge in [0.25, 0.3) is 5.91 Å². The molecule has 44 heavy (non-hydrogen) atoms. The average molecular weight is 625 g/mol. The third-order valence-corrected chi connectivity index (χ3v) is 9.66. The van der Waals surface area contributed by atoms with Crippen LogP contribution in [0.3, 0.4) is 0 Å². The van der Waals surface area contributed by atoms with Gasteiger partial charge in [-0.2, -0.15) is 4.31 Å². The first kappa shape index (κ1) is 32.8. The number of fused-ring (bicyclic) bond motifs is 1. The van der Waals surface area contributed by atoms with Crippen molar-refractivity contribution in [1.82, 2.24) is 14.1 Å². The number of carbonyl (C=O) groups is 2. The zero-order valence-electron chi connectivity index (χ0n) is 25.9. The average Bonchev–Trinajstić information content (AvgIpc) is 3.01. The number of aliphatic hydroxyl groups excluding tert-OH is 1. The predicted octanol–water partition coefficient (Wildman–Crippen LogP) is 4.00. The number of hydrogen-bond donors (Lipinski definition) is 2. The van der Waals surface area contributed by atoms with Gasteiger partial charge in [-0.05, 0) is 54.4 Å². The molecule has 1 aliphatic heterocycles. The number of likely N-dealkylation sites (N-methyl/N-ethyl adjacent to an activating group) is 1. The summed E-state index contributed by atoms with van der Waals surface area (Å²) in [4.78, 5) is 28.7. The van der Waals surface area contributed by atoms with Crippen molar-refractivity contribution in [1.29, 1.82) is 0 Å². The van der Waals surface area contributed by atoms with Gasteiger partial charge in [0.1, 0.15) is 22.5 Å². The Balaban J connectivity index is 1.70. The van der Waals surface area contributed by atoms with Gasteiger partial charge in [-0.25, -0.2) is 13.2 Å². The van der Waals surface area contributed by atoms with Gasteiger partial charge in [0, 0.05) is 57.0 Å². The third-order valence-electron chi connectivity index (χ3n) is 7.64. The quantitative estimate of drug-likeness (QED) is 0.388. The number of nitrogens with one attached hydrogen (secondary N) is 1. The van der Waals surface area contributed by atoms with Crippen LogP contribution < -0.4 is 14.8 Å². The Bertz CT molecular complexity index is 1610. The molecule has 0 spiro atoms. The molecule has 1 heterocycles. The number of hydrogen-bond acceptors (Lipinski definition) is 7. The number of amides is 3. The highest BCUT2D eigenvalue weighted by molar-refractivity contribution is 7.89. The zero-order valence-corrected chi connectivity index (χ0v) is 26.7. The van der Waals surface area contributed by atoms with Crippen LogP contribution in [0, 0.1) is 5.92 Å². The van der Waals surface area contributed by atoms with E-state index in [1.165, 1.54) is 20.2 Å². The van der Waals surface area contributed by atoms with E-state index in [0.717, 1.165) is 0 Å². The van der Waals surface area contributed by atoms with Gasteiger partial charge in [-0.1, -0.05) is 31.2 Å². The van der Waals surface area contributed by atoms with Crippen molar-refractivity contribution in [2.45, 2.75) is 30.9 Å². The normalized spacial score (nSPS) is 18.5. The summed E-state index contributed by atoms with van der Waals surface area (Å²) < 4.78 is 40.7. The van der Waals surface area contributed by atoms with E-state index in [1.54, 1.807) is 89.8 Å². The lowest BCUT2D eigenvalue weighted by atomic mass is 10.0. The SMILES string of the molecule is COc1cccc(NC(=O)N(C)C[C@H]2Oc3cc(-c4cccc(C(=O)N(C)C)c4)ccc3S(=O)(=O)N([C@H](C)CO)C[C@H]2C)c1. The van der Waals surface area contributed by atoms with E-state index in [1.807, 2.05) is 13.0 Å². The fraction of sp³-hybridized carbons (Fsp3) is 0.375. The molecule has 11 nitrogen and oxygen atoms in total. The first-order chi connectivity index (χ1) is 20.8. The maximum atomic E-state index is 13.9. The van der Waals surface area contributed by atoms with Crippen molar-refractivity contribution in [3.8, 4) is 22.6 Å². The minimum absolute atomic E-state index is 0.0394. The molecule has 3 aromatic rings. The topological polar surface area (TPSA) is 129 Å². The lowest BCUT2D eigenvalue weighted by molar-refractivity contribution is 0.0827. The van der Waals surface area contributed by atoms with E-state index in [-0.39, 0.29) is 48.2 Å². The second-order valence-electron chi connectivity index (χ2n) is 11.2. The lowest BCUT2D eigenvalue weighted by Crippen LogP contribution is -2.50. The third kappa shape index (κ3) is 7.15. The molecule has 3 atom stereocenters. The molecule has 4 rings (SSSR count). The maximum absolute atomic E-state index is 13.9. The van der Waals surface area contributed by atoms with Gasteiger partial charge in [-0.3, -0.25) is 4.79 Å². The van der Waals surface area contributed by atoms with Crippen molar-refractivity contribution in [2.75, 3.05) is 53.3 Å². The summed E-state index contributed by atoms with van der Waals surface area (Å²) in [5.74, 6) is 0.212. The molecule has 0 fully saturated rings. The van der Waals surface area contributed by atoms with E-state index in [9.17, 15) is 23.1 Å². The molecule has 0 unspecified atom stereocenters. The smallest absolute Gasteiger partial charge is 0.321 e. The Morgan fingerprint density at radius 1 is 1.07 bits per heavy atom. The standard InChI is InChI=1S/C32H40N4O7S/c1-21-18-36(22(2)20-37)44(40,41)30-14-13-24(23-9-7-10-25(15-23)31(38)34(3)4)16-28(30)43-29(21)19-35(5)32(39)33-26-11-8-12-27(17-26)42-6/h7-17,21-22,29,37H,18-20H2,1-6H3,(H,33,39)/t21-,22-,29-/m1/s1. The molecule has 236 valence electrons. The number of methoxy groups -OCH3 is 1. The van der Waals surface area contributed by atoms with Crippen LogP contribution in [0.25, 0.3) is 11.1 Å². The Hall–Kier alpha value is -4.13. The predicted molar refractivity (Wildman–Crippen MR) is 169 cm³/mol. The van der Waals surface area contributed by atoms with Crippen LogP contribution in [0.1, 0.15) is 24.2 Å². The molecule has 0 aromatic heterocycles. The lowest BCUT2D eigenvalue weighted by Gasteiger charge is -2.37. The Labute approximate surface area is 259 Å². The minimum atomic E-state index is -4.05. The van der Waals surface area contributed by atoms with Gasteiger partial charge in [-0.15, -0.1) is 0 Å². The molecule has 0 aliphatic carbocycles. The molecule has 1 aliphatic rings. The van der Waals surface area contributed by atoms with Gasteiger partial charge >= 0.3 is 6.03 Å². The monoisotopic (exact) mass is 624 g/mol. The molecule has 3 amide bonds. The van der Waals surface area contributed by atoms with Crippen LogP contribution >= 0.6 is 0 Å². The number of carbonyl (C=O) groups excluding carboxylic acids is 2. The number of sulfonamides is 1. The summed E-state index contributed by atoms with van der Waals surface area (Å²) in [6, 6.07) is 17.8. The van der Waals surface area contributed by atoms with E-state index in [4.69, 9.17) is 9.47 Å². The summed E-state index contributed by atoms with van der Waals surface area (Å²) >= 11 is 0. The second-order valence-corrected chi connectivity index (χ2v) is 13.1. The van der Waals surface area contributed by atoms with Crippen LogP contribution in [-0.2, 0) is 10.0 Å². The first-order valence-electron chi connectivity index (χ1n) is 14.3.